The van der Waals surface area contributed by atoms with E-state index >= 15 is 0 Å². The Morgan fingerprint density at radius 3 is 2.29 bits per heavy atom. The number of rotatable bonds is 5. The minimum atomic E-state index is -4.81. The molecule has 0 saturated carbocycles. The Morgan fingerprint density at radius 1 is 1.11 bits per heavy atom. The van der Waals surface area contributed by atoms with Crippen molar-refractivity contribution in [2.24, 2.45) is 0 Å². The zero-order valence-corrected chi connectivity index (χ0v) is 18.3. The monoisotopic (exact) mass is 513 g/mol. The molecule has 0 spiro atoms. The van der Waals surface area contributed by atoms with Crippen LogP contribution in [0.25, 0.3) is 28.1 Å². The molecule has 1 aliphatic carbocycles. The second-order valence-corrected chi connectivity index (χ2v) is 9.19. The van der Waals surface area contributed by atoms with Gasteiger partial charge < -0.3 is 0 Å². The second kappa shape index (κ2) is 8.21. The summed E-state index contributed by atoms with van der Waals surface area (Å²) in [4.78, 5) is 7.31. The van der Waals surface area contributed by atoms with Crippen LogP contribution in [0.2, 0.25) is 0 Å². The quantitative estimate of drug-likeness (QED) is 0.502. The topological polar surface area (TPSA) is 101 Å². The third kappa shape index (κ3) is 4.40. The first-order valence-corrected chi connectivity index (χ1v) is 11.2. The summed E-state index contributed by atoms with van der Waals surface area (Å²) in [5, 5.41) is 9.67. The number of fused-ring (bicyclic) bond motifs is 1. The highest BCUT2D eigenvalue weighted by Crippen LogP contribution is 2.38. The maximum absolute atomic E-state index is 13.2. The molecule has 0 unspecified atom stereocenters. The number of alkyl halides is 6. The molecular formula is C21H13F6N5O2S. The smallest absolute Gasteiger partial charge is 0.291 e. The Morgan fingerprint density at radius 2 is 1.80 bits per heavy atom. The zero-order valence-electron chi connectivity index (χ0n) is 17.5. The zero-order chi connectivity index (χ0) is 25.8. The summed E-state index contributed by atoms with van der Waals surface area (Å²) in [7, 11) is -4.59. The number of nitrogens with zero attached hydrogens (tertiary/aromatic N) is 4. The molecule has 0 saturated heterocycles. The summed E-state index contributed by atoms with van der Waals surface area (Å²) < 4.78 is 106. The molecule has 3 aromatic heterocycles. The van der Waals surface area contributed by atoms with Crippen molar-refractivity contribution in [3.8, 4) is 17.5 Å². The van der Waals surface area contributed by atoms with E-state index in [9.17, 15) is 40.0 Å². The summed E-state index contributed by atoms with van der Waals surface area (Å²) in [6, 6.07) is 2.41. The van der Waals surface area contributed by atoms with E-state index in [-0.39, 0.29) is 28.0 Å². The predicted octanol–water partition coefficient (Wildman–Crippen LogP) is 4.63. The van der Waals surface area contributed by atoms with Gasteiger partial charge in [-0.1, -0.05) is 6.08 Å². The minimum Gasteiger partial charge on any atom is -0.291 e. The normalized spacial score (nSPS) is 15.0. The van der Waals surface area contributed by atoms with E-state index in [0.29, 0.717) is 18.8 Å². The van der Waals surface area contributed by atoms with Gasteiger partial charge in [0, 0.05) is 23.5 Å². The van der Waals surface area contributed by atoms with Crippen LogP contribution in [0.15, 0.2) is 53.7 Å². The van der Waals surface area contributed by atoms with Crippen LogP contribution in [0, 0.1) is 11.3 Å². The van der Waals surface area contributed by atoms with Crippen molar-refractivity contribution in [1.29, 1.82) is 5.26 Å². The molecule has 0 aliphatic heterocycles. The van der Waals surface area contributed by atoms with Gasteiger partial charge in [0.25, 0.3) is 0 Å². The van der Waals surface area contributed by atoms with Crippen molar-refractivity contribution >= 4 is 26.8 Å². The van der Waals surface area contributed by atoms with Gasteiger partial charge in [0.1, 0.15) is 22.7 Å². The standard InChI is InChI=1S/C21H13F6N5O2S/c1-11(20(22,23)24)31-35(33,34)14-5-6-17(29-10-14)18-16(8-28)15-7-12(21(25,26)27)9-30-19(15)32(18)13-3-2-4-13/h2-7,9-11,31H,1H3/t11-/m1/s1. The third-order valence-corrected chi connectivity index (χ3v) is 6.68. The van der Waals surface area contributed by atoms with Gasteiger partial charge in [0.05, 0.1) is 22.5 Å². The number of pyridine rings is 2. The van der Waals surface area contributed by atoms with Gasteiger partial charge in [-0.2, -0.15) is 36.3 Å². The fraction of sp³-hybridized carbons (Fsp3) is 0.190. The molecule has 0 bridgehead atoms. The van der Waals surface area contributed by atoms with E-state index < -0.39 is 38.9 Å². The number of nitrogens with one attached hydrogen (secondary N) is 1. The molecule has 182 valence electrons. The molecule has 3 heterocycles. The highest BCUT2D eigenvalue weighted by atomic mass is 32.2. The number of nitriles is 1. The van der Waals surface area contributed by atoms with Gasteiger partial charge in [-0.3, -0.25) is 9.55 Å². The van der Waals surface area contributed by atoms with Gasteiger partial charge in [-0.25, -0.2) is 13.4 Å². The van der Waals surface area contributed by atoms with Crippen LogP contribution < -0.4 is 4.72 Å². The predicted molar refractivity (Wildman–Crippen MR) is 112 cm³/mol. The number of halogens is 6. The maximum atomic E-state index is 13.2. The lowest BCUT2D eigenvalue weighted by atomic mass is 10.1. The molecular weight excluding hydrogens is 500 g/mol. The molecule has 0 aromatic carbocycles. The molecule has 0 amide bonds. The van der Waals surface area contributed by atoms with Crippen molar-refractivity contribution in [2.45, 2.75) is 30.2 Å². The Bertz CT molecular complexity index is 1530. The Hall–Kier alpha value is -3.70. The van der Waals surface area contributed by atoms with Gasteiger partial charge >= 0.3 is 12.4 Å². The molecule has 7 nitrogen and oxygen atoms in total. The van der Waals surface area contributed by atoms with Gasteiger partial charge in [-0.15, -0.1) is 0 Å². The van der Waals surface area contributed by atoms with Gasteiger partial charge in [-0.05, 0) is 37.3 Å². The van der Waals surface area contributed by atoms with Crippen molar-refractivity contribution < 1.29 is 34.8 Å². The van der Waals surface area contributed by atoms with Crippen molar-refractivity contribution in [3.05, 3.63) is 59.9 Å². The molecule has 35 heavy (non-hydrogen) atoms. The Kier molecular flexibility index (Phi) is 5.73. The summed E-state index contributed by atoms with van der Waals surface area (Å²) in [5.41, 5.74) is -0.686. The minimum absolute atomic E-state index is 0.00266. The van der Waals surface area contributed by atoms with Crippen LogP contribution in [-0.4, -0.2) is 35.2 Å². The van der Waals surface area contributed by atoms with Crippen LogP contribution in [0.4, 0.5) is 26.3 Å². The number of aromatic nitrogens is 3. The van der Waals surface area contributed by atoms with E-state index in [4.69, 9.17) is 0 Å². The average Bonchev–Trinajstić information content (AvgIpc) is 3.04. The second-order valence-electron chi connectivity index (χ2n) is 7.48. The summed E-state index contributed by atoms with van der Waals surface area (Å²) >= 11 is 0. The van der Waals surface area contributed by atoms with Crippen molar-refractivity contribution in [3.63, 3.8) is 0 Å². The lowest BCUT2D eigenvalue weighted by Crippen LogP contribution is -2.42. The van der Waals surface area contributed by atoms with E-state index in [1.807, 2.05) is 6.07 Å². The van der Waals surface area contributed by atoms with E-state index in [1.54, 1.807) is 18.2 Å². The largest absolute Gasteiger partial charge is 0.417 e. The Balaban J connectivity index is 1.85. The first kappa shape index (κ1) is 24.4. The molecule has 0 radical (unpaired) electrons. The van der Waals surface area contributed by atoms with Crippen LogP contribution in [0.1, 0.15) is 18.1 Å². The number of hydrogen-bond acceptors (Lipinski definition) is 5. The fourth-order valence-corrected chi connectivity index (χ4v) is 4.48. The fourth-order valence-electron chi connectivity index (χ4n) is 3.31. The highest BCUT2D eigenvalue weighted by Gasteiger charge is 2.39. The SMILES string of the molecule is C[C@@H](NS(=O)(=O)c1ccc(-c2c(C#N)c3cc(C(F)(F)F)cnc3n2C2=CC=C2)nc1)C(F)(F)F. The molecule has 1 N–H and O–H groups in total. The number of sulfonamides is 1. The maximum Gasteiger partial charge on any atom is 0.417 e. The van der Waals surface area contributed by atoms with Crippen molar-refractivity contribution in [1.82, 2.24) is 19.3 Å². The molecule has 14 heteroatoms. The van der Waals surface area contributed by atoms with Crippen LogP contribution >= 0.6 is 0 Å². The van der Waals surface area contributed by atoms with Gasteiger partial charge in [0.15, 0.2) is 0 Å². The Labute approximate surface area is 194 Å². The van der Waals surface area contributed by atoms with Crippen LogP contribution in [-0.2, 0) is 16.2 Å². The lowest BCUT2D eigenvalue weighted by molar-refractivity contribution is -0.147. The number of hydrogen-bond donors (Lipinski definition) is 1. The number of allylic oxidation sites excluding steroid dienone is 4. The molecule has 0 fully saturated rings. The van der Waals surface area contributed by atoms with Gasteiger partial charge in [0.2, 0.25) is 10.0 Å². The highest BCUT2D eigenvalue weighted by molar-refractivity contribution is 7.89. The van der Waals surface area contributed by atoms with E-state index in [2.05, 4.69) is 9.97 Å². The van der Waals surface area contributed by atoms with Crippen LogP contribution in [0.5, 0.6) is 0 Å². The van der Waals surface area contributed by atoms with E-state index in [1.165, 1.54) is 9.29 Å². The molecule has 3 aromatic rings. The molecule has 4 rings (SSSR count). The lowest BCUT2D eigenvalue weighted by Gasteiger charge is -2.17. The molecule has 1 atom stereocenters. The van der Waals surface area contributed by atoms with E-state index in [0.717, 1.165) is 24.4 Å². The van der Waals surface area contributed by atoms with Crippen LogP contribution in [0.3, 0.4) is 0 Å². The molecule has 1 aliphatic rings. The first-order chi connectivity index (χ1) is 16.2. The summed E-state index contributed by atoms with van der Waals surface area (Å²) in [6.07, 6.45) is -3.21. The summed E-state index contributed by atoms with van der Waals surface area (Å²) in [6.45, 7) is 0.638. The summed E-state index contributed by atoms with van der Waals surface area (Å²) in [5.74, 6) is 0. The average molecular weight is 513 g/mol. The van der Waals surface area contributed by atoms with Crippen molar-refractivity contribution in [2.75, 3.05) is 0 Å². The third-order valence-electron chi connectivity index (χ3n) is 5.15. The first-order valence-electron chi connectivity index (χ1n) is 9.70.